The van der Waals surface area contributed by atoms with Gasteiger partial charge in [-0.2, -0.15) is 0 Å². The number of alkyl halides is 3. The molecule has 0 unspecified atom stereocenters. The van der Waals surface area contributed by atoms with Crippen molar-refractivity contribution in [2.75, 3.05) is 0 Å². The van der Waals surface area contributed by atoms with Crippen molar-refractivity contribution in [3.63, 3.8) is 0 Å². The number of carboxylic acid groups (broad SMARTS) is 1. The zero-order valence-electron chi connectivity index (χ0n) is 12.5. The fraction of sp³-hybridized carbons (Fsp3) is 0.0588. The van der Waals surface area contributed by atoms with Crippen LogP contribution >= 0.6 is 0 Å². The van der Waals surface area contributed by atoms with Crippen LogP contribution in [0.4, 0.5) is 13.2 Å². The van der Waals surface area contributed by atoms with E-state index < -0.39 is 24.1 Å². The zero-order chi connectivity index (χ0) is 18.4. The molecule has 0 aliphatic carbocycles. The average molecular weight is 352 g/mol. The van der Waals surface area contributed by atoms with Crippen molar-refractivity contribution in [1.82, 2.24) is 0 Å². The molecule has 0 spiro atoms. The van der Waals surface area contributed by atoms with Gasteiger partial charge in [-0.1, -0.05) is 12.1 Å². The van der Waals surface area contributed by atoms with Crippen molar-refractivity contribution in [3.8, 4) is 11.5 Å². The molecule has 8 heteroatoms. The molecule has 2 rings (SSSR count). The molecule has 130 valence electrons. The van der Waals surface area contributed by atoms with E-state index in [-0.39, 0.29) is 11.3 Å². The van der Waals surface area contributed by atoms with E-state index in [1.54, 1.807) is 0 Å². The molecule has 2 aromatic carbocycles. The Hall–Kier alpha value is -3.29. The highest BCUT2D eigenvalue weighted by molar-refractivity contribution is 5.91. The Morgan fingerprint density at radius 1 is 0.920 bits per heavy atom. The van der Waals surface area contributed by atoms with E-state index in [9.17, 15) is 22.8 Å². The number of hydrogen-bond acceptors (Lipinski definition) is 4. The third-order valence-corrected chi connectivity index (χ3v) is 2.83. The summed E-state index contributed by atoms with van der Waals surface area (Å²) in [7, 11) is 0. The van der Waals surface area contributed by atoms with Crippen LogP contribution in [0.25, 0.3) is 6.08 Å². The second-order valence-electron chi connectivity index (χ2n) is 4.70. The SMILES string of the molecule is O=C(O)/C=C/c1ccc(C(=O)Oc2ccc(OC(F)(F)F)cc2)cc1. The molecular formula is C17H11F3O5. The lowest BCUT2D eigenvalue weighted by atomic mass is 10.1. The van der Waals surface area contributed by atoms with Crippen molar-refractivity contribution in [2.45, 2.75) is 6.36 Å². The maximum Gasteiger partial charge on any atom is 0.573 e. The number of aliphatic carboxylic acids is 1. The Morgan fingerprint density at radius 3 is 2.00 bits per heavy atom. The van der Waals surface area contributed by atoms with Gasteiger partial charge >= 0.3 is 18.3 Å². The number of carbonyl (C=O) groups excluding carboxylic acids is 1. The van der Waals surface area contributed by atoms with Crippen LogP contribution in [-0.4, -0.2) is 23.4 Å². The summed E-state index contributed by atoms with van der Waals surface area (Å²) in [5.41, 5.74) is 0.774. The second-order valence-corrected chi connectivity index (χ2v) is 4.70. The predicted molar refractivity (Wildman–Crippen MR) is 81.2 cm³/mol. The van der Waals surface area contributed by atoms with Crippen molar-refractivity contribution < 1.29 is 37.3 Å². The summed E-state index contributed by atoms with van der Waals surface area (Å²) >= 11 is 0. The first-order valence-electron chi connectivity index (χ1n) is 6.82. The number of hydrogen-bond donors (Lipinski definition) is 1. The molecule has 0 heterocycles. The van der Waals surface area contributed by atoms with E-state index in [1.165, 1.54) is 42.5 Å². The summed E-state index contributed by atoms with van der Waals surface area (Å²) in [6.07, 6.45) is -2.48. The number of esters is 1. The highest BCUT2D eigenvalue weighted by atomic mass is 19.4. The first-order valence-corrected chi connectivity index (χ1v) is 6.82. The van der Waals surface area contributed by atoms with Crippen molar-refractivity contribution in [3.05, 3.63) is 65.7 Å². The molecule has 25 heavy (non-hydrogen) atoms. The van der Waals surface area contributed by atoms with Crippen LogP contribution in [0.5, 0.6) is 11.5 Å². The standard InChI is InChI=1S/C17H11F3O5/c18-17(19,20)25-14-8-6-13(7-9-14)24-16(23)12-4-1-11(2-5-12)3-10-15(21)22/h1-10H,(H,21,22)/b10-3+. The van der Waals surface area contributed by atoms with E-state index in [4.69, 9.17) is 9.84 Å². The maximum absolute atomic E-state index is 12.1. The van der Waals surface area contributed by atoms with Crippen molar-refractivity contribution in [2.24, 2.45) is 0 Å². The molecule has 1 N–H and O–H groups in total. The highest BCUT2D eigenvalue weighted by Crippen LogP contribution is 2.25. The third kappa shape index (κ3) is 6.02. The summed E-state index contributed by atoms with van der Waals surface area (Å²) in [5.74, 6) is -2.18. The van der Waals surface area contributed by atoms with Crippen molar-refractivity contribution >= 4 is 18.0 Å². The monoisotopic (exact) mass is 352 g/mol. The van der Waals surface area contributed by atoms with Crippen LogP contribution in [0.3, 0.4) is 0 Å². The largest absolute Gasteiger partial charge is 0.573 e. The van der Waals surface area contributed by atoms with Gasteiger partial charge < -0.3 is 14.6 Å². The molecule has 0 bridgehead atoms. The van der Waals surface area contributed by atoms with Gasteiger partial charge in [-0.05, 0) is 48.0 Å². The van der Waals surface area contributed by atoms with Crippen LogP contribution in [0.15, 0.2) is 54.6 Å². The van der Waals surface area contributed by atoms with Gasteiger partial charge in [-0.15, -0.1) is 13.2 Å². The molecule has 0 fully saturated rings. The van der Waals surface area contributed by atoms with Crippen LogP contribution < -0.4 is 9.47 Å². The summed E-state index contributed by atoms with van der Waals surface area (Å²) < 4.78 is 44.9. The minimum Gasteiger partial charge on any atom is -0.478 e. The molecular weight excluding hydrogens is 341 g/mol. The first kappa shape index (κ1) is 18.1. The molecule has 0 atom stereocenters. The van der Waals surface area contributed by atoms with Gasteiger partial charge in [-0.3, -0.25) is 0 Å². The first-order chi connectivity index (χ1) is 11.7. The fourth-order valence-corrected chi connectivity index (χ4v) is 1.77. The minimum absolute atomic E-state index is 0.0503. The lowest BCUT2D eigenvalue weighted by Crippen LogP contribution is -2.17. The van der Waals surface area contributed by atoms with E-state index in [0.717, 1.165) is 18.2 Å². The van der Waals surface area contributed by atoms with E-state index >= 15 is 0 Å². The number of rotatable bonds is 5. The molecule has 0 saturated heterocycles. The highest BCUT2D eigenvalue weighted by Gasteiger charge is 2.31. The summed E-state index contributed by atoms with van der Waals surface area (Å²) in [4.78, 5) is 22.4. The summed E-state index contributed by atoms with van der Waals surface area (Å²) in [5, 5.41) is 8.53. The molecule has 2 aromatic rings. The van der Waals surface area contributed by atoms with E-state index in [0.29, 0.717) is 5.56 Å². The van der Waals surface area contributed by atoms with Crippen LogP contribution in [-0.2, 0) is 4.79 Å². The molecule has 5 nitrogen and oxygen atoms in total. The maximum atomic E-state index is 12.1. The van der Waals surface area contributed by atoms with Gasteiger partial charge in [0.1, 0.15) is 11.5 Å². The number of carbonyl (C=O) groups is 2. The Kier molecular flexibility index (Phi) is 5.43. The lowest BCUT2D eigenvalue weighted by molar-refractivity contribution is -0.274. The molecule has 0 aliphatic heterocycles. The average Bonchev–Trinajstić information content (AvgIpc) is 2.54. The Labute approximate surface area is 139 Å². The van der Waals surface area contributed by atoms with Gasteiger partial charge in [-0.25, -0.2) is 9.59 Å². The van der Waals surface area contributed by atoms with Crippen LogP contribution in [0, 0.1) is 0 Å². The summed E-state index contributed by atoms with van der Waals surface area (Å²) in [6.45, 7) is 0. The minimum atomic E-state index is -4.80. The number of ether oxygens (including phenoxy) is 2. The summed E-state index contributed by atoms with van der Waals surface area (Å²) in [6, 6.07) is 10.3. The number of benzene rings is 2. The molecule has 0 aromatic heterocycles. The molecule has 0 saturated carbocycles. The smallest absolute Gasteiger partial charge is 0.478 e. The Morgan fingerprint density at radius 2 is 1.48 bits per heavy atom. The molecule has 0 aliphatic rings. The zero-order valence-corrected chi connectivity index (χ0v) is 12.5. The van der Waals surface area contributed by atoms with Gasteiger partial charge in [0, 0.05) is 6.08 Å². The molecule has 0 amide bonds. The van der Waals surface area contributed by atoms with Crippen molar-refractivity contribution in [1.29, 1.82) is 0 Å². The normalized spacial score (nSPS) is 11.3. The van der Waals surface area contributed by atoms with Crippen LogP contribution in [0.2, 0.25) is 0 Å². The Bertz CT molecular complexity index is 777. The van der Waals surface area contributed by atoms with E-state index in [1.807, 2.05) is 0 Å². The van der Waals surface area contributed by atoms with Gasteiger partial charge in [0.2, 0.25) is 0 Å². The topological polar surface area (TPSA) is 72.8 Å². The second kappa shape index (κ2) is 7.52. The van der Waals surface area contributed by atoms with Crippen LogP contribution in [0.1, 0.15) is 15.9 Å². The fourth-order valence-electron chi connectivity index (χ4n) is 1.77. The third-order valence-electron chi connectivity index (χ3n) is 2.83. The Balaban J connectivity index is 2.00. The lowest BCUT2D eigenvalue weighted by Gasteiger charge is -2.09. The van der Waals surface area contributed by atoms with E-state index in [2.05, 4.69) is 4.74 Å². The number of carboxylic acids is 1. The molecule has 0 radical (unpaired) electrons. The van der Waals surface area contributed by atoms with Gasteiger partial charge in [0.15, 0.2) is 0 Å². The van der Waals surface area contributed by atoms with Gasteiger partial charge in [0.05, 0.1) is 5.56 Å². The number of halogens is 3. The van der Waals surface area contributed by atoms with Gasteiger partial charge in [0.25, 0.3) is 0 Å². The predicted octanol–water partition coefficient (Wildman–Crippen LogP) is 3.90. The quantitative estimate of drug-likeness (QED) is 0.502.